The second-order valence-electron chi connectivity index (χ2n) is 10.9. The van der Waals surface area contributed by atoms with Gasteiger partial charge in [-0.05, 0) is 17.2 Å². The average molecular weight is 626 g/mol. The van der Waals surface area contributed by atoms with Crippen molar-refractivity contribution >= 4 is 34.6 Å². The number of para-hydroxylation sites is 1. The molecule has 0 saturated heterocycles. The molecule has 0 bridgehead atoms. The molecule has 9 N–H and O–H groups in total. The third kappa shape index (κ3) is 8.24. The van der Waals surface area contributed by atoms with Crippen LogP contribution < -0.4 is 21.7 Å². The molecule has 4 unspecified atom stereocenters. The molecule has 238 valence electrons. The summed E-state index contributed by atoms with van der Waals surface area (Å²) >= 11 is 0. The number of benzene rings is 2. The highest BCUT2D eigenvalue weighted by molar-refractivity contribution is 5.95. The Morgan fingerprint density at radius 1 is 0.696 bits per heavy atom. The Kier molecular flexibility index (Phi) is 10.2. The molecule has 0 spiro atoms. The minimum atomic E-state index is -1.25. The van der Waals surface area contributed by atoms with E-state index in [-0.39, 0.29) is 25.7 Å². The Labute approximate surface area is 263 Å². The van der Waals surface area contributed by atoms with Crippen molar-refractivity contribution in [3.8, 4) is 0 Å². The molecule has 2 aromatic carbocycles. The third-order valence-electron chi connectivity index (χ3n) is 7.57. The number of carboxylic acids is 1. The van der Waals surface area contributed by atoms with E-state index in [0.29, 0.717) is 11.4 Å². The van der Waals surface area contributed by atoms with Crippen LogP contribution in [0.3, 0.4) is 0 Å². The van der Waals surface area contributed by atoms with Crippen molar-refractivity contribution < 1.29 is 24.3 Å². The smallest absolute Gasteiger partial charge is 0.326 e. The molecule has 0 fully saturated rings. The van der Waals surface area contributed by atoms with Gasteiger partial charge in [-0.3, -0.25) is 14.4 Å². The van der Waals surface area contributed by atoms with Crippen LogP contribution in [0.5, 0.6) is 0 Å². The fourth-order valence-electron chi connectivity index (χ4n) is 5.15. The van der Waals surface area contributed by atoms with Gasteiger partial charge >= 0.3 is 5.97 Å². The van der Waals surface area contributed by atoms with E-state index in [4.69, 9.17) is 5.73 Å². The zero-order valence-corrected chi connectivity index (χ0v) is 24.8. The van der Waals surface area contributed by atoms with Gasteiger partial charge in [-0.25, -0.2) is 14.8 Å². The summed E-state index contributed by atoms with van der Waals surface area (Å²) in [4.78, 5) is 69.8. The number of imidazole rings is 2. The average Bonchev–Trinajstić information content (AvgIpc) is 3.84. The van der Waals surface area contributed by atoms with E-state index in [2.05, 4.69) is 40.9 Å². The summed E-state index contributed by atoms with van der Waals surface area (Å²) in [7, 11) is 0. The van der Waals surface area contributed by atoms with Crippen molar-refractivity contribution in [2.75, 3.05) is 0 Å². The topological polar surface area (TPSA) is 224 Å². The zero-order chi connectivity index (χ0) is 32.5. The molecule has 5 aromatic rings. The number of nitrogens with two attached hydrogens (primary N) is 1. The van der Waals surface area contributed by atoms with Crippen LogP contribution >= 0.6 is 0 Å². The minimum Gasteiger partial charge on any atom is -0.480 e. The van der Waals surface area contributed by atoms with E-state index < -0.39 is 47.9 Å². The monoisotopic (exact) mass is 625 g/mol. The number of aromatic amines is 3. The lowest BCUT2D eigenvalue weighted by Gasteiger charge is -2.25. The van der Waals surface area contributed by atoms with Gasteiger partial charge in [0.05, 0.1) is 18.7 Å². The lowest BCUT2D eigenvalue weighted by molar-refractivity contribution is -0.142. The second-order valence-corrected chi connectivity index (χ2v) is 10.9. The summed E-state index contributed by atoms with van der Waals surface area (Å²) in [5.74, 6) is -3.15. The fraction of sp³-hybridized carbons (Fsp3) is 0.250. The van der Waals surface area contributed by atoms with Crippen LogP contribution in [0.15, 0.2) is 85.8 Å². The first kappa shape index (κ1) is 31.7. The van der Waals surface area contributed by atoms with E-state index in [1.807, 2.05) is 30.3 Å². The summed E-state index contributed by atoms with van der Waals surface area (Å²) in [6.07, 6.45) is 8.02. The van der Waals surface area contributed by atoms with E-state index in [9.17, 15) is 24.3 Å². The molecule has 5 rings (SSSR count). The predicted molar refractivity (Wildman–Crippen MR) is 168 cm³/mol. The van der Waals surface area contributed by atoms with E-state index >= 15 is 0 Å². The molecule has 3 aromatic heterocycles. The molecule has 0 saturated carbocycles. The fourth-order valence-corrected chi connectivity index (χ4v) is 5.15. The third-order valence-corrected chi connectivity index (χ3v) is 7.57. The Balaban J connectivity index is 1.37. The molecule has 0 aliphatic rings. The number of carboxylic acid groups (broad SMARTS) is 1. The minimum absolute atomic E-state index is 0.0293. The van der Waals surface area contributed by atoms with Gasteiger partial charge in [0.2, 0.25) is 17.7 Å². The number of carbonyl (C=O) groups excluding carboxylic acids is 3. The van der Waals surface area contributed by atoms with Gasteiger partial charge in [-0.1, -0.05) is 48.5 Å². The molecule has 14 heteroatoms. The first-order valence-electron chi connectivity index (χ1n) is 14.7. The number of H-pyrrole nitrogens is 3. The summed E-state index contributed by atoms with van der Waals surface area (Å²) < 4.78 is 0. The number of amides is 3. The standard InChI is InChI=1S/C32H35N9O5/c33-24(12-21-15-34-17-37-21)29(42)39-27(13-22-16-35-18-38-22)31(44)40-26(11-20-14-36-25-9-5-4-8-23(20)25)30(43)41-28(32(45)46)10-19-6-2-1-3-7-19/h1-9,14-18,24,26-28,36H,10-13,33H2,(H,34,37)(H,35,38)(H,39,42)(H,40,44)(H,41,43)(H,45,46). The van der Waals surface area contributed by atoms with E-state index in [1.165, 1.54) is 18.9 Å². The predicted octanol–water partition coefficient (Wildman–Crippen LogP) is 0.751. The van der Waals surface area contributed by atoms with Crippen LogP contribution in [0.2, 0.25) is 0 Å². The molecule has 0 aliphatic carbocycles. The number of nitrogens with zero attached hydrogens (tertiary/aromatic N) is 2. The van der Waals surface area contributed by atoms with Crippen molar-refractivity contribution in [1.82, 2.24) is 40.9 Å². The summed E-state index contributed by atoms with van der Waals surface area (Å²) in [6, 6.07) is 11.8. The van der Waals surface area contributed by atoms with Crippen LogP contribution in [0.25, 0.3) is 10.9 Å². The molecular formula is C32H35N9O5. The van der Waals surface area contributed by atoms with Gasteiger partial charge in [0.25, 0.3) is 0 Å². The number of hydrogen-bond acceptors (Lipinski definition) is 7. The number of aromatic nitrogens is 5. The van der Waals surface area contributed by atoms with Crippen LogP contribution in [0, 0.1) is 0 Å². The van der Waals surface area contributed by atoms with Crippen molar-refractivity contribution in [3.05, 3.63) is 108 Å². The maximum absolute atomic E-state index is 13.8. The number of hydrogen-bond donors (Lipinski definition) is 8. The Bertz CT molecular complexity index is 1750. The summed E-state index contributed by atoms with van der Waals surface area (Å²) in [5, 5.41) is 18.9. The number of rotatable bonds is 15. The Morgan fingerprint density at radius 2 is 1.28 bits per heavy atom. The van der Waals surface area contributed by atoms with Gasteiger partial charge in [-0.15, -0.1) is 0 Å². The zero-order valence-electron chi connectivity index (χ0n) is 24.8. The quantitative estimate of drug-likeness (QED) is 0.0827. The summed E-state index contributed by atoms with van der Waals surface area (Å²) in [6.45, 7) is 0. The summed E-state index contributed by atoms with van der Waals surface area (Å²) in [5.41, 5.74) is 9.65. The molecule has 46 heavy (non-hydrogen) atoms. The molecule has 4 atom stereocenters. The number of carbonyl (C=O) groups is 4. The van der Waals surface area contributed by atoms with Crippen molar-refractivity contribution in [3.63, 3.8) is 0 Å². The second kappa shape index (κ2) is 14.8. The SMILES string of the molecule is NC(Cc1cnc[nH]1)C(=O)NC(Cc1cnc[nH]1)C(=O)NC(Cc1c[nH]c2ccccc12)C(=O)NC(Cc1ccccc1)C(=O)O. The van der Waals surface area contributed by atoms with Gasteiger partial charge in [0.15, 0.2) is 0 Å². The number of nitrogens with one attached hydrogen (secondary N) is 6. The van der Waals surface area contributed by atoms with E-state index in [1.54, 1.807) is 36.7 Å². The first-order chi connectivity index (χ1) is 22.3. The molecular weight excluding hydrogens is 590 g/mol. The lowest BCUT2D eigenvalue weighted by Crippen LogP contribution is -2.58. The van der Waals surface area contributed by atoms with Crippen LogP contribution in [-0.4, -0.2) is 77.9 Å². The van der Waals surface area contributed by atoms with Crippen molar-refractivity contribution in [1.29, 1.82) is 0 Å². The van der Waals surface area contributed by atoms with Gasteiger partial charge < -0.3 is 41.7 Å². The van der Waals surface area contributed by atoms with Gasteiger partial charge in [0, 0.05) is 66.6 Å². The van der Waals surface area contributed by atoms with Crippen molar-refractivity contribution in [2.45, 2.75) is 49.9 Å². The highest BCUT2D eigenvalue weighted by Gasteiger charge is 2.31. The molecule has 3 amide bonds. The highest BCUT2D eigenvalue weighted by atomic mass is 16.4. The van der Waals surface area contributed by atoms with Gasteiger partial charge in [-0.2, -0.15) is 0 Å². The Morgan fingerprint density at radius 3 is 1.93 bits per heavy atom. The highest BCUT2D eigenvalue weighted by Crippen LogP contribution is 2.19. The molecule has 0 aliphatic heterocycles. The molecule has 3 heterocycles. The maximum Gasteiger partial charge on any atom is 0.326 e. The lowest BCUT2D eigenvalue weighted by atomic mass is 10.0. The first-order valence-corrected chi connectivity index (χ1v) is 14.7. The normalized spacial score (nSPS) is 13.8. The maximum atomic E-state index is 13.8. The van der Waals surface area contributed by atoms with E-state index in [0.717, 1.165) is 22.0 Å². The largest absolute Gasteiger partial charge is 0.480 e. The molecule has 14 nitrogen and oxygen atoms in total. The number of aliphatic carboxylic acids is 1. The number of fused-ring (bicyclic) bond motifs is 1. The Hall–Kier alpha value is -5.76. The van der Waals surface area contributed by atoms with Crippen LogP contribution in [0.1, 0.15) is 22.5 Å². The molecule has 0 radical (unpaired) electrons. The van der Waals surface area contributed by atoms with Crippen LogP contribution in [-0.2, 0) is 44.9 Å². The van der Waals surface area contributed by atoms with Crippen LogP contribution in [0.4, 0.5) is 0 Å². The van der Waals surface area contributed by atoms with Crippen molar-refractivity contribution in [2.24, 2.45) is 5.73 Å². The van der Waals surface area contributed by atoms with Gasteiger partial charge in [0.1, 0.15) is 18.1 Å².